The lowest BCUT2D eigenvalue weighted by Gasteiger charge is -2.18. The minimum Gasteiger partial charge on any atom is -0.505 e. The SMILES string of the molecule is COc1cc(O)c(F)c(C2(N=C=O)CC2)c1OC. The van der Waals surface area contributed by atoms with E-state index in [2.05, 4.69) is 4.99 Å². The fourth-order valence-corrected chi connectivity index (χ4v) is 2.00. The number of carbonyl (C=O) groups excluding carboxylic acids is 1. The summed E-state index contributed by atoms with van der Waals surface area (Å²) in [5, 5.41) is 9.54. The highest BCUT2D eigenvalue weighted by Crippen LogP contribution is 2.56. The highest BCUT2D eigenvalue weighted by molar-refractivity contribution is 5.58. The fraction of sp³-hybridized carbons (Fsp3) is 0.417. The number of phenolic OH excluding ortho intramolecular Hbond substituents is 1. The number of rotatable bonds is 4. The summed E-state index contributed by atoms with van der Waals surface area (Å²) < 4.78 is 24.2. The summed E-state index contributed by atoms with van der Waals surface area (Å²) >= 11 is 0. The van der Waals surface area contributed by atoms with E-state index in [-0.39, 0.29) is 17.1 Å². The van der Waals surface area contributed by atoms with Crippen LogP contribution in [0.25, 0.3) is 0 Å². The van der Waals surface area contributed by atoms with Crippen molar-refractivity contribution in [2.45, 2.75) is 18.4 Å². The zero-order chi connectivity index (χ0) is 13.3. The molecule has 1 aliphatic rings. The molecular formula is C12H12FNO4. The molecule has 0 amide bonds. The summed E-state index contributed by atoms with van der Waals surface area (Å²) in [5.74, 6) is -1.07. The minimum atomic E-state index is -0.983. The topological polar surface area (TPSA) is 68.1 Å². The Kier molecular flexibility index (Phi) is 2.97. The third-order valence-corrected chi connectivity index (χ3v) is 3.04. The average Bonchev–Trinajstić information content (AvgIpc) is 3.12. The molecule has 0 bridgehead atoms. The maximum atomic E-state index is 14.0. The van der Waals surface area contributed by atoms with Gasteiger partial charge in [0.15, 0.2) is 23.1 Å². The predicted octanol–water partition coefficient (Wildman–Crippen LogP) is 1.87. The van der Waals surface area contributed by atoms with E-state index in [0.717, 1.165) is 6.07 Å². The molecule has 0 atom stereocenters. The average molecular weight is 253 g/mol. The number of ether oxygens (including phenoxy) is 2. The second-order valence-electron chi connectivity index (χ2n) is 4.05. The van der Waals surface area contributed by atoms with E-state index in [4.69, 9.17) is 9.47 Å². The smallest absolute Gasteiger partial charge is 0.235 e. The maximum absolute atomic E-state index is 14.0. The number of halogens is 1. The van der Waals surface area contributed by atoms with Gasteiger partial charge in [0.25, 0.3) is 0 Å². The molecule has 0 spiro atoms. The van der Waals surface area contributed by atoms with Crippen molar-refractivity contribution in [1.82, 2.24) is 0 Å². The van der Waals surface area contributed by atoms with E-state index in [9.17, 15) is 14.3 Å². The van der Waals surface area contributed by atoms with Gasteiger partial charge in [-0.05, 0) is 12.8 Å². The lowest BCUT2D eigenvalue weighted by molar-refractivity contribution is 0.335. The van der Waals surface area contributed by atoms with Crippen LogP contribution in [0.4, 0.5) is 4.39 Å². The molecule has 1 saturated carbocycles. The van der Waals surface area contributed by atoms with Crippen LogP contribution in [0.1, 0.15) is 18.4 Å². The number of methoxy groups -OCH3 is 2. The first-order chi connectivity index (χ1) is 8.59. The van der Waals surface area contributed by atoms with Gasteiger partial charge in [-0.2, -0.15) is 4.99 Å². The van der Waals surface area contributed by atoms with E-state index >= 15 is 0 Å². The number of nitrogens with zero attached hydrogens (tertiary/aromatic N) is 1. The minimum absolute atomic E-state index is 0.0465. The predicted molar refractivity (Wildman–Crippen MR) is 60.2 cm³/mol. The largest absolute Gasteiger partial charge is 0.505 e. The monoisotopic (exact) mass is 253 g/mol. The number of isocyanates is 1. The van der Waals surface area contributed by atoms with Crippen LogP contribution >= 0.6 is 0 Å². The van der Waals surface area contributed by atoms with Crippen LogP contribution in [0.5, 0.6) is 17.2 Å². The highest BCUT2D eigenvalue weighted by Gasteiger charge is 2.50. The second kappa shape index (κ2) is 4.31. The molecule has 6 heteroatoms. The fourth-order valence-electron chi connectivity index (χ4n) is 2.00. The third kappa shape index (κ3) is 1.71. The van der Waals surface area contributed by atoms with E-state index in [1.807, 2.05) is 0 Å². The van der Waals surface area contributed by atoms with Crippen molar-refractivity contribution in [3.05, 3.63) is 17.4 Å². The van der Waals surface area contributed by atoms with Crippen LogP contribution in [0.3, 0.4) is 0 Å². The lowest BCUT2D eigenvalue weighted by Crippen LogP contribution is -2.09. The van der Waals surface area contributed by atoms with Crippen molar-refractivity contribution in [1.29, 1.82) is 0 Å². The molecule has 5 nitrogen and oxygen atoms in total. The van der Waals surface area contributed by atoms with E-state index in [0.29, 0.717) is 12.8 Å². The first kappa shape index (κ1) is 12.4. The third-order valence-electron chi connectivity index (χ3n) is 3.04. The molecule has 1 fully saturated rings. The number of aromatic hydroxyl groups is 1. The summed E-state index contributed by atoms with van der Waals surface area (Å²) in [7, 11) is 2.74. The summed E-state index contributed by atoms with van der Waals surface area (Å²) in [4.78, 5) is 14.1. The van der Waals surface area contributed by atoms with Gasteiger partial charge >= 0.3 is 0 Å². The number of hydrogen-bond donors (Lipinski definition) is 1. The molecule has 0 aromatic heterocycles. The molecule has 1 aliphatic carbocycles. The molecule has 1 N–H and O–H groups in total. The van der Waals surface area contributed by atoms with Gasteiger partial charge in [-0.25, -0.2) is 9.18 Å². The molecule has 2 rings (SSSR count). The summed E-state index contributed by atoms with van der Waals surface area (Å²) in [5.41, 5.74) is -0.936. The van der Waals surface area contributed by atoms with Gasteiger partial charge in [-0.3, -0.25) is 0 Å². The summed E-state index contributed by atoms with van der Waals surface area (Å²) in [6.45, 7) is 0. The number of benzene rings is 1. The Bertz CT molecular complexity index is 533. The van der Waals surface area contributed by atoms with Crippen molar-refractivity contribution in [2.24, 2.45) is 4.99 Å². The van der Waals surface area contributed by atoms with Crippen molar-refractivity contribution in [3.63, 3.8) is 0 Å². The first-order valence-corrected chi connectivity index (χ1v) is 5.32. The van der Waals surface area contributed by atoms with Gasteiger partial charge in [0, 0.05) is 6.07 Å². The number of phenols is 1. The van der Waals surface area contributed by atoms with E-state index in [1.54, 1.807) is 0 Å². The zero-order valence-corrected chi connectivity index (χ0v) is 9.99. The molecule has 1 aromatic carbocycles. The van der Waals surface area contributed by atoms with Crippen LogP contribution < -0.4 is 9.47 Å². The highest BCUT2D eigenvalue weighted by atomic mass is 19.1. The summed E-state index contributed by atoms with van der Waals surface area (Å²) in [6.07, 6.45) is 2.44. The van der Waals surface area contributed by atoms with Crippen molar-refractivity contribution < 1.29 is 23.8 Å². The molecular weight excluding hydrogens is 241 g/mol. The lowest BCUT2D eigenvalue weighted by atomic mass is 10.0. The normalized spacial score (nSPS) is 15.7. The Labute approximate surface area is 103 Å². The second-order valence-corrected chi connectivity index (χ2v) is 4.05. The Morgan fingerprint density at radius 1 is 1.44 bits per heavy atom. The molecule has 0 heterocycles. The Hall–Kier alpha value is -2.07. The zero-order valence-electron chi connectivity index (χ0n) is 9.99. The molecule has 1 aromatic rings. The van der Waals surface area contributed by atoms with Gasteiger partial charge < -0.3 is 14.6 Å². The van der Waals surface area contributed by atoms with Gasteiger partial charge in [0.2, 0.25) is 6.08 Å². The van der Waals surface area contributed by atoms with Gasteiger partial charge in [-0.15, -0.1) is 0 Å². The van der Waals surface area contributed by atoms with Crippen molar-refractivity contribution in [2.75, 3.05) is 14.2 Å². The molecule has 96 valence electrons. The molecule has 18 heavy (non-hydrogen) atoms. The van der Waals surface area contributed by atoms with Gasteiger partial charge in [0.05, 0.1) is 19.8 Å². The Morgan fingerprint density at radius 2 is 2.11 bits per heavy atom. The van der Waals surface area contributed by atoms with Crippen LogP contribution in [-0.4, -0.2) is 25.4 Å². The Balaban J connectivity index is 2.71. The van der Waals surface area contributed by atoms with Crippen LogP contribution in [-0.2, 0) is 10.3 Å². The molecule has 0 radical (unpaired) electrons. The quantitative estimate of drug-likeness (QED) is 0.657. The van der Waals surface area contributed by atoms with Gasteiger partial charge in [0.1, 0.15) is 5.54 Å². The number of hydrogen-bond acceptors (Lipinski definition) is 5. The summed E-state index contributed by atoms with van der Waals surface area (Å²) in [6, 6.07) is 1.12. The van der Waals surface area contributed by atoms with Gasteiger partial charge in [-0.1, -0.05) is 0 Å². The van der Waals surface area contributed by atoms with E-state index < -0.39 is 17.1 Å². The van der Waals surface area contributed by atoms with E-state index in [1.165, 1.54) is 20.3 Å². The van der Waals surface area contributed by atoms with Crippen molar-refractivity contribution >= 4 is 6.08 Å². The molecule has 0 aliphatic heterocycles. The standard InChI is InChI=1S/C12H12FNO4/c1-17-8-5-7(16)10(13)9(11(8)18-2)12(3-4-12)14-6-15/h5,16H,3-4H2,1-2H3. The maximum Gasteiger partial charge on any atom is 0.235 e. The molecule has 0 unspecified atom stereocenters. The Morgan fingerprint density at radius 3 is 2.56 bits per heavy atom. The molecule has 0 saturated heterocycles. The van der Waals surface area contributed by atoms with Crippen LogP contribution in [0.2, 0.25) is 0 Å². The van der Waals surface area contributed by atoms with Crippen molar-refractivity contribution in [3.8, 4) is 17.2 Å². The van der Waals surface area contributed by atoms with Crippen LogP contribution in [0, 0.1) is 5.82 Å². The first-order valence-electron chi connectivity index (χ1n) is 5.32. The van der Waals surface area contributed by atoms with Crippen LogP contribution in [0.15, 0.2) is 11.1 Å². The number of aliphatic imine (C=N–C) groups is 1.